The Hall–Kier alpha value is -0.340. The first-order chi connectivity index (χ1) is 7.89. The molecule has 2 N–H and O–H groups in total. The third kappa shape index (κ3) is 1.18. The van der Waals surface area contributed by atoms with Gasteiger partial charge in [-0.05, 0) is 36.0 Å². The molecule has 0 aromatic heterocycles. The third-order valence-electron chi connectivity index (χ3n) is 6.13. The Kier molecular flexibility index (Phi) is 2.32. The van der Waals surface area contributed by atoms with E-state index >= 15 is 0 Å². The van der Waals surface area contributed by atoms with Crippen LogP contribution in [0.15, 0.2) is 12.2 Å². The molecular weight excluding hydrogens is 212 g/mol. The maximum atomic E-state index is 10.5. The van der Waals surface area contributed by atoms with Crippen molar-refractivity contribution in [2.45, 2.75) is 45.8 Å². The molecular formula is C15H24O2. The molecule has 3 fully saturated rings. The lowest BCUT2D eigenvalue weighted by Crippen LogP contribution is -2.48. The van der Waals surface area contributed by atoms with Gasteiger partial charge in [0.15, 0.2) is 0 Å². The molecule has 2 bridgehead atoms. The molecule has 0 aromatic carbocycles. The first kappa shape index (κ1) is 11.7. The van der Waals surface area contributed by atoms with Crippen LogP contribution in [0.3, 0.4) is 0 Å². The molecule has 0 spiro atoms. The topological polar surface area (TPSA) is 40.5 Å². The van der Waals surface area contributed by atoms with Crippen LogP contribution in [-0.2, 0) is 0 Å². The predicted molar refractivity (Wildman–Crippen MR) is 67.3 cm³/mol. The van der Waals surface area contributed by atoms with Gasteiger partial charge in [0.1, 0.15) is 0 Å². The Labute approximate surface area is 104 Å². The molecule has 3 rings (SSSR count). The maximum Gasteiger partial charge on any atom is 0.0670 e. The van der Waals surface area contributed by atoms with Gasteiger partial charge in [0, 0.05) is 11.8 Å². The van der Waals surface area contributed by atoms with Gasteiger partial charge in [-0.25, -0.2) is 0 Å². The molecule has 0 aliphatic heterocycles. The number of fused-ring (bicyclic) bond motifs is 1. The summed E-state index contributed by atoms with van der Waals surface area (Å²) in [5.41, 5.74) is 1.19. The summed E-state index contributed by atoms with van der Waals surface area (Å²) >= 11 is 0. The van der Waals surface area contributed by atoms with Gasteiger partial charge in [0.2, 0.25) is 0 Å². The number of rotatable bonds is 1. The average Bonchev–Trinajstić information content (AvgIpc) is 2.61. The second-order valence-electron chi connectivity index (χ2n) is 7.00. The van der Waals surface area contributed by atoms with E-state index < -0.39 is 0 Å². The Bertz CT molecular complexity index is 362. The Balaban J connectivity index is 2.04. The van der Waals surface area contributed by atoms with Crippen molar-refractivity contribution in [3.8, 4) is 0 Å². The van der Waals surface area contributed by atoms with Crippen LogP contribution in [-0.4, -0.2) is 22.4 Å². The predicted octanol–water partition coefficient (Wildman–Crippen LogP) is 2.21. The third-order valence-corrected chi connectivity index (χ3v) is 6.13. The zero-order chi connectivity index (χ0) is 12.5. The first-order valence-corrected chi connectivity index (χ1v) is 6.95. The molecule has 0 aromatic rings. The molecule has 3 saturated carbocycles. The summed E-state index contributed by atoms with van der Waals surface area (Å²) < 4.78 is 0. The van der Waals surface area contributed by atoms with Gasteiger partial charge in [-0.3, -0.25) is 0 Å². The molecule has 96 valence electrons. The van der Waals surface area contributed by atoms with E-state index in [0.29, 0.717) is 17.8 Å². The van der Waals surface area contributed by atoms with Crippen molar-refractivity contribution in [2.24, 2.45) is 35.0 Å². The molecule has 2 nitrogen and oxygen atoms in total. The summed E-state index contributed by atoms with van der Waals surface area (Å²) in [5, 5.41) is 20.9. The van der Waals surface area contributed by atoms with Gasteiger partial charge >= 0.3 is 0 Å². The quantitative estimate of drug-likeness (QED) is 0.685. The van der Waals surface area contributed by atoms with Crippen LogP contribution >= 0.6 is 0 Å². The number of hydrogen-bond donors (Lipinski definition) is 2. The Morgan fingerprint density at radius 3 is 2.47 bits per heavy atom. The van der Waals surface area contributed by atoms with E-state index in [1.54, 1.807) is 0 Å². The fourth-order valence-corrected chi connectivity index (χ4v) is 5.20. The lowest BCUT2D eigenvalue weighted by molar-refractivity contribution is -0.0497. The molecule has 17 heavy (non-hydrogen) atoms. The number of aliphatic hydroxyl groups excluding tert-OH is 2. The molecule has 0 radical (unpaired) electrons. The minimum Gasteiger partial charge on any atom is -0.392 e. The standard InChI is InChI=1S/C15H24O2/c1-7(2)9-5-6-15(4)8(3)10-13(16)11(9)12(15)14(10)17/h7,9-14,16-17H,3,5-6H2,1-2,4H3/t9-,10?,11?,12?,13?,14?,15?/m1/s1. The van der Waals surface area contributed by atoms with E-state index in [9.17, 15) is 10.2 Å². The van der Waals surface area contributed by atoms with Crippen molar-refractivity contribution in [1.29, 1.82) is 0 Å². The smallest absolute Gasteiger partial charge is 0.0670 e. The van der Waals surface area contributed by atoms with Crippen molar-refractivity contribution in [1.82, 2.24) is 0 Å². The van der Waals surface area contributed by atoms with E-state index in [1.165, 1.54) is 6.42 Å². The minimum atomic E-state index is -0.358. The van der Waals surface area contributed by atoms with Gasteiger partial charge in [0.05, 0.1) is 12.2 Å². The zero-order valence-corrected chi connectivity index (χ0v) is 11.1. The van der Waals surface area contributed by atoms with Gasteiger partial charge in [0.25, 0.3) is 0 Å². The molecule has 0 saturated heterocycles. The first-order valence-electron chi connectivity index (χ1n) is 6.95. The van der Waals surface area contributed by atoms with E-state index in [-0.39, 0.29) is 29.5 Å². The van der Waals surface area contributed by atoms with Crippen LogP contribution in [0.5, 0.6) is 0 Å². The fourth-order valence-electron chi connectivity index (χ4n) is 5.20. The van der Waals surface area contributed by atoms with Crippen LogP contribution in [0.2, 0.25) is 0 Å². The van der Waals surface area contributed by atoms with Gasteiger partial charge in [-0.15, -0.1) is 0 Å². The van der Waals surface area contributed by atoms with E-state index in [4.69, 9.17) is 0 Å². The second kappa shape index (κ2) is 3.36. The average molecular weight is 236 g/mol. The van der Waals surface area contributed by atoms with Crippen molar-refractivity contribution >= 4 is 0 Å². The summed E-state index contributed by atoms with van der Waals surface area (Å²) in [6.45, 7) is 10.9. The highest BCUT2D eigenvalue weighted by atomic mass is 16.3. The number of aliphatic hydroxyl groups is 2. The lowest BCUT2D eigenvalue weighted by Gasteiger charge is -2.51. The summed E-state index contributed by atoms with van der Waals surface area (Å²) in [7, 11) is 0. The van der Waals surface area contributed by atoms with Crippen molar-refractivity contribution in [2.75, 3.05) is 0 Å². The largest absolute Gasteiger partial charge is 0.392 e. The monoisotopic (exact) mass is 236 g/mol. The Morgan fingerprint density at radius 1 is 1.29 bits per heavy atom. The molecule has 0 amide bonds. The summed E-state index contributed by atoms with van der Waals surface area (Å²) in [6.07, 6.45) is 1.60. The van der Waals surface area contributed by atoms with Gasteiger partial charge < -0.3 is 10.2 Å². The SMILES string of the molecule is C=C1C2C(O)C3C(C2O)C1(C)CC[C@@H]3C(C)C. The fraction of sp³-hybridized carbons (Fsp3) is 0.867. The van der Waals surface area contributed by atoms with Crippen molar-refractivity contribution in [3.05, 3.63) is 12.2 Å². The van der Waals surface area contributed by atoms with Crippen LogP contribution < -0.4 is 0 Å². The van der Waals surface area contributed by atoms with Crippen molar-refractivity contribution < 1.29 is 10.2 Å². The van der Waals surface area contributed by atoms with E-state index in [0.717, 1.165) is 12.0 Å². The lowest BCUT2D eigenvalue weighted by atomic mass is 9.54. The molecule has 0 heterocycles. The molecule has 2 heteroatoms. The highest BCUT2D eigenvalue weighted by molar-refractivity contribution is 5.33. The van der Waals surface area contributed by atoms with Crippen LogP contribution in [0, 0.1) is 35.0 Å². The van der Waals surface area contributed by atoms with Crippen LogP contribution in [0.4, 0.5) is 0 Å². The highest BCUT2D eigenvalue weighted by Crippen LogP contribution is 2.68. The second-order valence-corrected chi connectivity index (χ2v) is 7.00. The summed E-state index contributed by atoms with van der Waals surface area (Å²) in [6, 6.07) is 0. The summed E-state index contributed by atoms with van der Waals surface area (Å²) in [4.78, 5) is 0. The van der Waals surface area contributed by atoms with Crippen LogP contribution in [0.1, 0.15) is 33.6 Å². The van der Waals surface area contributed by atoms with Crippen LogP contribution in [0.25, 0.3) is 0 Å². The molecule has 6 unspecified atom stereocenters. The normalized spacial score (nSPS) is 56.9. The van der Waals surface area contributed by atoms with E-state index in [1.807, 2.05) is 0 Å². The summed E-state index contributed by atoms with van der Waals surface area (Å²) in [5.74, 6) is 1.64. The number of hydrogen-bond acceptors (Lipinski definition) is 2. The highest BCUT2D eigenvalue weighted by Gasteiger charge is 2.68. The molecule has 3 aliphatic carbocycles. The van der Waals surface area contributed by atoms with Crippen molar-refractivity contribution in [3.63, 3.8) is 0 Å². The Morgan fingerprint density at radius 2 is 1.94 bits per heavy atom. The van der Waals surface area contributed by atoms with Gasteiger partial charge in [-0.1, -0.05) is 32.9 Å². The minimum absolute atomic E-state index is 0.0588. The maximum absolute atomic E-state index is 10.5. The van der Waals surface area contributed by atoms with Gasteiger partial charge in [-0.2, -0.15) is 0 Å². The zero-order valence-electron chi connectivity index (χ0n) is 11.1. The molecule has 7 atom stereocenters. The van der Waals surface area contributed by atoms with E-state index in [2.05, 4.69) is 27.4 Å². The molecule has 3 aliphatic rings.